The summed E-state index contributed by atoms with van der Waals surface area (Å²) < 4.78 is 3.76. The normalized spacial score (nSPS) is 12.8. The molecule has 0 bridgehead atoms. The molecule has 2 aromatic rings. The molecule has 6 heteroatoms. The summed E-state index contributed by atoms with van der Waals surface area (Å²) in [4.78, 5) is 4.24. The number of rotatable bonds is 6. The molecular weight excluding hydrogens is 228 g/mol. The Balaban J connectivity index is 2.02. The predicted molar refractivity (Wildman–Crippen MR) is 69.0 cm³/mol. The molecule has 6 nitrogen and oxygen atoms in total. The Kier molecular flexibility index (Phi) is 4.09. The maximum atomic E-state index is 5.93. The lowest BCUT2D eigenvalue weighted by Gasteiger charge is -2.05. The Morgan fingerprint density at radius 2 is 2.17 bits per heavy atom. The van der Waals surface area contributed by atoms with Crippen molar-refractivity contribution < 1.29 is 0 Å². The molecule has 1 atom stereocenters. The smallest absolute Gasteiger partial charge is 0.148 e. The van der Waals surface area contributed by atoms with Gasteiger partial charge in [-0.25, -0.2) is 9.67 Å². The predicted octanol–water partition coefficient (Wildman–Crippen LogP) is 0.823. The first kappa shape index (κ1) is 12.8. The fourth-order valence-corrected chi connectivity index (χ4v) is 1.86. The average Bonchev–Trinajstić information content (AvgIpc) is 2.99. The maximum absolute atomic E-state index is 5.93. The van der Waals surface area contributed by atoms with Gasteiger partial charge in [-0.1, -0.05) is 6.92 Å². The maximum Gasteiger partial charge on any atom is 0.148 e. The monoisotopic (exact) mass is 248 g/mol. The van der Waals surface area contributed by atoms with Crippen molar-refractivity contribution in [1.82, 2.24) is 24.5 Å². The zero-order valence-corrected chi connectivity index (χ0v) is 11.0. The zero-order chi connectivity index (χ0) is 13.0. The lowest BCUT2D eigenvalue weighted by Crippen LogP contribution is -2.21. The van der Waals surface area contributed by atoms with Gasteiger partial charge >= 0.3 is 0 Å². The van der Waals surface area contributed by atoms with Crippen LogP contribution in [0.25, 0.3) is 0 Å². The van der Waals surface area contributed by atoms with Gasteiger partial charge in [0, 0.05) is 18.8 Å². The van der Waals surface area contributed by atoms with Crippen LogP contribution >= 0.6 is 0 Å². The molecule has 0 spiro atoms. The van der Waals surface area contributed by atoms with Crippen molar-refractivity contribution in [1.29, 1.82) is 0 Å². The topological polar surface area (TPSA) is 74.6 Å². The summed E-state index contributed by atoms with van der Waals surface area (Å²) in [6.45, 7) is 5.62. The zero-order valence-electron chi connectivity index (χ0n) is 11.0. The number of aromatic nitrogens is 5. The first-order valence-corrected chi connectivity index (χ1v) is 6.36. The van der Waals surface area contributed by atoms with Crippen molar-refractivity contribution in [3.05, 3.63) is 30.1 Å². The lowest BCUT2D eigenvalue weighted by molar-refractivity contribution is 0.567. The quantitative estimate of drug-likeness (QED) is 0.821. The van der Waals surface area contributed by atoms with Crippen molar-refractivity contribution >= 4 is 0 Å². The van der Waals surface area contributed by atoms with Gasteiger partial charge in [-0.2, -0.15) is 10.2 Å². The number of hydrogen-bond donors (Lipinski definition) is 1. The van der Waals surface area contributed by atoms with Gasteiger partial charge in [-0.05, 0) is 25.3 Å². The second kappa shape index (κ2) is 5.77. The minimum Gasteiger partial charge on any atom is -0.327 e. The Bertz CT molecular complexity index is 486. The molecule has 2 aromatic heterocycles. The summed E-state index contributed by atoms with van der Waals surface area (Å²) in [5, 5.41) is 8.48. The number of nitrogens with two attached hydrogens (primary N) is 1. The van der Waals surface area contributed by atoms with E-state index in [1.165, 1.54) is 5.56 Å². The fourth-order valence-electron chi connectivity index (χ4n) is 1.86. The van der Waals surface area contributed by atoms with Crippen LogP contribution in [0.15, 0.2) is 18.7 Å². The lowest BCUT2D eigenvalue weighted by atomic mass is 10.1. The van der Waals surface area contributed by atoms with E-state index in [-0.39, 0.29) is 6.04 Å². The fraction of sp³-hybridized carbons (Fsp3) is 0.583. The molecule has 0 aromatic carbocycles. The van der Waals surface area contributed by atoms with Gasteiger partial charge in [0.15, 0.2) is 0 Å². The van der Waals surface area contributed by atoms with Crippen LogP contribution in [0, 0.1) is 0 Å². The van der Waals surface area contributed by atoms with Gasteiger partial charge in [-0.3, -0.25) is 4.68 Å². The molecule has 18 heavy (non-hydrogen) atoms. The Morgan fingerprint density at radius 1 is 1.33 bits per heavy atom. The molecule has 1 unspecified atom stereocenters. The summed E-state index contributed by atoms with van der Waals surface area (Å²) in [6.07, 6.45) is 7.34. The Morgan fingerprint density at radius 3 is 2.89 bits per heavy atom. The Labute approximate surface area is 107 Å². The third-order valence-corrected chi connectivity index (χ3v) is 3.01. The molecule has 0 radical (unpaired) electrons. The minimum atomic E-state index is 0.210. The van der Waals surface area contributed by atoms with E-state index in [1.54, 1.807) is 6.33 Å². The second-order valence-electron chi connectivity index (χ2n) is 4.41. The first-order valence-electron chi connectivity index (χ1n) is 6.36. The van der Waals surface area contributed by atoms with E-state index in [4.69, 9.17) is 5.73 Å². The van der Waals surface area contributed by atoms with Crippen molar-refractivity contribution in [3.63, 3.8) is 0 Å². The SMILES string of the molecule is CCC(N)Cc1cnn(Cc2ncnn2CC)c1. The summed E-state index contributed by atoms with van der Waals surface area (Å²) in [6, 6.07) is 0.210. The Hall–Kier alpha value is -1.69. The van der Waals surface area contributed by atoms with Crippen LogP contribution < -0.4 is 5.73 Å². The number of nitrogens with zero attached hydrogens (tertiary/aromatic N) is 5. The largest absolute Gasteiger partial charge is 0.327 e. The molecule has 0 aliphatic rings. The molecule has 2 N–H and O–H groups in total. The molecule has 98 valence electrons. The molecule has 2 heterocycles. The van der Waals surface area contributed by atoms with E-state index in [1.807, 2.05) is 28.7 Å². The summed E-state index contributed by atoms with van der Waals surface area (Å²) in [5.41, 5.74) is 7.11. The summed E-state index contributed by atoms with van der Waals surface area (Å²) in [7, 11) is 0. The molecule has 0 aliphatic heterocycles. The van der Waals surface area contributed by atoms with E-state index in [2.05, 4.69) is 22.1 Å². The van der Waals surface area contributed by atoms with Crippen LogP contribution in [0.4, 0.5) is 0 Å². The van der Waals surface area contributed by atoms with Crippen molar-refractivity contribution in [2.45, 2.75) is 45.8 Å². The summed E-state index contributed by atoms with van der Waals surface area (Å²) in [5.74, 6) is 0.923. The van der Waals surface area contributed by atoms with E-state index < -0.39 is 0 Å². The van der Waals surface area contributed by atoms with Crippen LogP contribution in [-0.4, -0.2) is 30.6 Å². The van der Waals surface area contributed by atoms with Crippen LogP contribution in [0.3, 0.4) is 0 Å². The molecule has 0 aliphatic carbocycles. The number of aryl methyl sites for hydroxylation is 1. The van der Waals surface area contributed by atoms with E-state index >= 15 is 0 Å². The van der Waals surface area contributed by atoms with Gasteiger partial charge in [0.1, 0.15) is 18.7 Å². The highest BCUT2D eigenvalue weighted by Crippen LogP contribution is 2.05. The molecule has 0 saturated carbocycles. The third-order valence-electron chi connectivity index (χ3n) is 3.01. The molecule has 2 rings (SSSR count). The van der Waals surface area contributed by atoms with Crippen molar-refractivity contribution in [2.75, 3.05) is 0 Å². The molecule has 0 fully saturated rings. The molecule has 0 saturated heterocycles. The van der Waals surface area contributed by atoms with Crippen LogP contribution in [0.1, 0.15) is 31.7 Å². The standard InChI is InChI=1S/C12H20N6/c1-3-11(13)5-10-6-15-17(7-10)8-12-14-9-16-18(12)4-2/h6-7,9,11H,3-5,8,13H2,1-2H3. The van der Waals surface area contributed by atoms with Gasteiger partial charge in [0.25, 0.3) is 0 Å². The highest BCUT2D eigenvalue weighted by molar-refractivity contribution is 5.06. The van der Waals surface area contributed by atoms with Crippen molar-refractivity contribution in [3.8, 4) is 0 Å². The average molecular weight is 248 g/mol. The number of hydrogen-bond acceptors (Lipinski definition) is 4. The highest BCUT2D eigenvalue weighted by atomic mass is 15.4. The second-order valence-corrected chi connectivity index (χ2v) is 4.41. The van der Waals surface area contributed by atoms with E-state index in [9.17, 15) is 0 Å². The van der Waals surface area contributed by atoms with Crippen LogP contribution in [0.2, 0.25) is 0 Å². The third kappa shape index (κ3) is 2.95. The van der Waals surface area contributed by atoms with Gasteiger partial charge in [0.05, 0.1) is 6.20 Å². The van der Waals surface area contributed by atoms with E-state index in [0.717, 1.165) is 25.2 Å². The molecule has 0 amide bonds. The van der Waals surface area contributed by atoms with Crippen LogP contribution in [0.5, 0.6) is 0 Å². The van der Waals surface area contributed by atoms with Gasteiger partial charge < -0.3 is 5.73 Å². The van der Waals surface area contributed by atoms with Gasteiger partial charge in [0.2, 0.25) is 0 Å². The summed E-state index contributed by atoms with van der Waals surface area (Å²) >= 11 is 0. The van der Waals surface area contributed by atoms with Crippen LogP contribution in [-0.2, 0) is 19.5 Å². The van der Waals surface area contributed by atoms with Gasteiger partial charge in [-0.15, -0.1) is 0 Å². The molecular formula is C12H20N6. The minimum absolute atomic E-state index is 0.210. The van der Waals surface area contributed by atoms with E-state index in [0.29, 0.717) is 6.54 Å². The highest BCUT2D eigenvalue weighted by Gasteiger charge is 2.07. The first-order chi connectivity index (χ1) is 8.72. The van der Waals surface area contributed by atoms with Crippen molar-refractivity contribution in [2.24, 2.45) is 5.73 Å².